The maximum absolute atomic E-state index is 12.9. The van der Waals surface area contributed by atoms with Crippen molar-refractivity contribution in [3.8, 4) is 11.1 Å². The molecule has 2 N–H and O–H groups in total. The molecule has 190 valence electrons. The van der Waals surface area contributed by atoms with Gasteiger partial charge in [0.1, 0.15) is 15.9 Å². The fraction of sp³-hybridized carbons (Fsp3) is 0.286. The van der Waals surface area contributed by atoms with Gasteiger partial charge < -0.3 is 5.32 Å². The standard InChI is InChI=1S/C28H32N2O5S/c1-3-7-21-10-12-23(13-11-21)24-14-16-25(17-15-24)27(31)29-26(18-19-36(2,33)34)28(32)30-35-20-22-8-5-4-6-9-22/h4-6,8-17,26H,3,7,18-20H2,1-2H3,(H,29,31)(H,30,32). The lowest BCUT2D eigenvalue weighted by Gasteiger charge is -2.18. The third-order valence-corrected chi connectivity index (χ3v) is 6.60. The van der Waals surface area contributed by atoms with Gasteiger partial charge in [-0.3, -0.25) is 14.4 Å². The first-order valence-corrected chi connectivity index (χ1v) is 13.9. The van der Waals surface area contributed by atoms with Gasteiger partial charge in [0.25, 0.3) is 11.8 Å². The first kappa shape index (κ1) is 27.1. The van der Waals surface area contributed by atoms with E-state index in [0.29, 0.717) is 5.56 Å². The maximum Gasteiger partial charge on any atom is 0.266 e. The van der Waals surface area contributed by atoms with Crippen LogP contribution >= 0.6 is 0 Å². The molecule has 0 heterocycles. The zero-order valence-electron chi connectivity index (χ0n) is 20.6. The van der Waals surface area contributed by atoms with Gasteiger partial charge in [-0.1, -0.05) is 80.1 Å². The van der Waals surface area contributed by atoms with Gasteiger partial charge >= 0.3 is 0 Å². The summed E-state index contributed by atoms with van der Waals surface area (Å²) in [5, 5.41) is 2.64. The summed E-state index contributed by atoms with van der Waals surface area (Å²) in [4.78, 5) is 30.8. The lowest BCUT2D eigenvalue weighted by atomic mass is 10.0. The fourth-order valence-electron chi connectivity index (χ4n) is 3.64. The van der Waals surface area contributed by atoms with Gasteiger partial charge in [-0.05, 0) is 47.2 Å². The minimum absolute atomic E-state index is 0.0761. The van der Waals surface area contributed by atoms with E-state index in [1.165, 1.54) is 5.56 Å². The molecule has 3 aromatic carbocycles. The van der Waals surface area contributed by atoms with Gasteiger partial charge in [0, 0.05) is 11.8 Å². The number of benzene rings is 3. The van der Waals surface area contributed by atoms with Crippen LogP contribution in [-0.2, 0) is 32.5 Å². The van der Waals surface area contributed by atoms with Crippen LogP contribution in [0.2, 0.25) is 0 Å². The first-order chi connectivity index (χ1) is 17.2. The van der Waals surface area contributed by atoms with Gasteiger partial charge in [0.05, 0.1) is 12.4 Å². The first-order valence-electron chi connectivity index (χ1n) is 11.9. The molecule has 0 spiro atoms. The highest BCUT2D eigenvalue weighted by atomic mass is 32.2. The molecule has 0 saturated carbocycles. The summed E-state index contributed by atoms with van der Waals surface area (Å²) in [6.45, 7) is 2.28. The van der Waals surface area contributed by atoms with E-state index in [1.54, 1.807) is 12.1 Å². The SMILES string of the molecule is CCCc1ccc(-c2ccc(C(=O)NC(CCS(C)(=O)=O)C(=O)NOCc3ccccc3)cc2)cc1. The summed E-state index contributed by atoms with van der Waals surface area (Å²) in [6, 6.07) is 23.6. The molecule has 0 radical (unpaired) electrons. The van der Waals surface area contributed by atoms with Crippen LogP contribution in [0, 0.1) is 0 Å². The van der Waals surface area contributed by atoms with E-state index < -0.39 is 27.7 Å². The summed E-state index contributed by atoms with van der Waals surface area (Å²) < 4.78 is 23.3. The molecule has 0 aliphatic heterocycles. The number of aryl methyl sites for hydroxylation is 1. The quantitative estimate of drug-likeness (QED) is 0.359. The minimum Gasteiger partial charge on any atom is -0.340 e. The molecule has 7 nitrogen and oxygen atoms in total. The lowest BCUT2D eigenvalue weighted by Crippen LogP contribution is -2.47. The molecule has 3 rings (SSSR count). The Balaban J connectivity index is 1.64. The maximum atomic E-state index is 12.9. The Labute approximate surface area is 212 Å². The van der Waals surface area contributed by atoms with Crippen LogP contribution in [0.25, 0.3) is 11.1 Å². The van der Waals surface area contributed by atoms with Crippen LogP contribution in [-0.4, -0.2) is 38.3 Å². The Bertz CT molecular complexity index is 1240. The van der Waals surface area contributed by atoms with E-state index in [2.05, 4.69) is 42.0 Å². The van der Waals surface area contributed by atoms with Gasteiger partial charge in [0.15, 0.2) is 0 Å². The third kappa shape index (κ3) is 8.62. The van der Waals surface area contributed by atoms with Crippen molar-refractivity contribution in [2.75, 3.05) is 12.0 Å². The topological polar surface area (TPSA) is 102 Å². The molecule has 1 atom stereocenters. The van der Waals surface area contributed by atoms with Crippen molar-refractivity contribution >= 4 is 21.7 Å². The fourth-order valence-corrected chi connectivity index (χ4v) is 4.31. The van der Waals surface area contributed by atoms with Crippen molar-refractivity contribution in [1.82, 2.24) is 10.8 Å². The van der Waals surface area contributed by atoms with Crippen LogP contribution < -0.4 is 10.8 Å². The largest absolute Gasteiger partial charge is 0.340 e. The van der Waals surface area contributed by atoms with Crippen molar-refractivity contribution in [1.29, 1.82) is 0 Å². The zero-order valence-corrected chi connectivity index (χ0v) is 21.4. The van der Waals surface area contributed by atoms with E-state index >= 15 is 0 Å². The average Bonchev–Trinajstić information content (AvgIpc) is 2.87. The molecule has 0 aromatic heterocycles. The number of rotatable bonds is 12. The molecule has 3 aromatic rings. The Morgan fingerprint density at radius 3 is 2.06 bits per heavy atom. The van der Waals surface area contributed by atoms with Crippen molar-refractivity contribution in [2.45, 2.75) is 38.8 Å². The van der Waals surface area contributed by atoms with Crippen molar-refractivity contribution in [3.05, 3.63) is 95.6 Å². The molecule has 0 fully saturated rings. The Morgan fingerprint density at radius 1 is 0.861 bits per heavy atom. The van der Waals surface area contributed by atoms with E-state index in [0.717, 1.165) is 35.8 Å². The number of sulfone groups is 1. The second kappa shape index (κ2) is 13.0. The van der Waals surface area contributed by atoms with E-state index in [1.807, 2.05) is 42.5 Å². The van der Waals surface area contributed by atoms with Crippen LogP contribution in [0.5, 0.6) is 0 Å². The Hall–Kier alpha value is -3.49. The van der Waals surface area contributed by atoms with Crippen LogP contribution in [0.15, 0.2) is 78.9 Å². The van der Waals surface area contributed by atoms with E-state index in [4.69, 9.17) is 4.84 Å². The number of hydrogen-bond acceptors (Lipinski definition) is 5. The van der Waals surface area contributed by atoms with Gasteiger partial charge in [-0.25, -0.2) is 13.9 Å². The normalized spacial score (nSPS) is 12.1. The summed E-state index contributed by atoms with van der Waals surface area (Å²) >= 11 is 0. The summed E-state index contributed by atoms with van der Waals surface area (Å²) in [6.07, 6.45) is 3.13. The van der Waals surface area contributed by atoms with Crippen LogP contribution in [0.3, 0.4) is 0 Å². The van der Waals surface area contributed by atoms with Crippen LogP contribution in [0.4, 0.5) is 0 Å². The Kier molecular flexibility index (Phi) is 9.78. The second-order valence-electron chi connectivity index (χ2n) is 8.71. The van der Waals surface area contributed by atoms with Crippen molar-refractivity contribution in [2.24, 2.45) is 0 Å². The predicted octanol–water partition coefficient (Wildman–Crippen LogP) is 4.09. The molecule has 0 aliphatic rings. The molecule has 36 heavy (non-hydrogen) atoms. The monoisotopic (exact) mass is 508 g/mol. The Morgan fingerprint density at radius 2 is 1.47 bits per heavy atom. The molecule has 1 unspecified atom stereocenters. The minimum atomic E-state index is -3.33. The third-order valence-electron chi connectivity index (χ3n) is 5.63. The van der Waals surface area contributed by atoms with E-state index in [-0.39, 0.29) is 18.8 Å². The molecular weight excluding hydrogens is 476 g/mol. The summed E-state index contributed by atoms with van der Waals surface area (Å²) in [7, 11) is -3.33. The predicted molar refractivity (Wildman–Crippen MR) is 141 cm³/mol. The number of hydroxylamine groups is 1. The number of carbonyl (C=O) groups excluding carboxylic acids is 2. The zero-order chi connectivity index (χ0) is 26.0. The van der Waals surface area contributed by atoms with Gasteiger partial charge in [-0.2, -0.15) is 0 Å². The number of nitrogens with one attached hydrogen (secondary N) is 2. The molecule has 0 saturated heterocycles. The summed E-state index contributed by atoms with van der Waals surface area (Å²) in [5.74, 6) is -1.35. The smallest absolute Gasteiger partial charge is 0.266 e. The molecular formula is C28H32N2O5S. The molecule has 0 bridgehead atoms. The highest BCUT2D eigenvalue weighted by molar-refractivity contribution is 7.90. The average molecular weight is 509 g/mol. The second-order valence-corrected chi connectivity index (χ2v) is 11.0. The van der Waals surface area contributed by atoms with E-state index in [9.17, 15) is 18.0 Å². The number of hydrogen-bond donors (Lipinski definition) is 2. The molecule has 2 amide bonds. The van der Waals surface area contributed by atoms with Gasteiger partial charge in [0.2, 0.25) is 0 Å². The highest BCUT2D eigenvalue weighted by Gasteiger charge is 2.23. The number of amides is 2. The van der Waals surface area contributed by atoms with Gasteiger partial charge in [-0.15, -0.1) is 0 Å². The van der Waals surface area contributed by atoms with Crippen LogP contribution in [0.1, 0.15) is 41.3 Å². The summed E-state index contributed by atoms with van der Waals surface area (Å²) in [5.41, 5.74) is 6.83. The lowest BCUT2D eigenvalue weighted by molar-refractivity contribution is -0.136. The highest BCUT2D eigenvalue weighted by Crippen LogP contribution is 2.21. The van der Waals surface area contributed by atoms with Crippen molar-refractivity contribution < 1.29 is 22.8 Å². The molecule has 0 aliphatic carbocycles. The number of carbonyl (C=O) groups is 2. The molecule has 8 heteroatoms. The van der Waals surface area contributed by atoms with Crippen molar-refractivity contribution in [3.63, 3.8) is 0 Å².